The van der Waals surface area contributed by atoms with Crippen LogP contribution in [0.15, 0.2) is 82.2 Å². The number of amides is 1. The highest BCUT2D eigenvalue weighted by molar-refractivity contribution is 9.10. The molecule has 0 aliphatic heterocycles. The van der Waals surface area contributed by atoms with Gasteiger partial charge in [-0.15, -0.1) is 0 Å². The van der Waals surface area contributed by atoms with Crippen LogP contribution in [0.5, 0.6) is 5.75 Å². The van der Waals surface area contributed by atoms with E-state index >= 15 is 0 Å². The van der Waals surface area contributed by atoms with E-state index in [0.29, 0.717) is 29.3 Å². The van der Waals surface area contributed by atoms with Crippen LogP contribution in [-0.2, 0) is 10.0 Å². The smallest absolute Gasteiger partial charge is 0.261 e. The fourth-order valence-electron chi connectivity index (χ4n) is 2.56. The fraction of sp³-hybridized carbons (Fsp3) is 0.0952. The molecule has 0 aliphatic rings. The van der Waals surface area contributed by atoms with Gasteiger partial charge in [-0.2, -0.15) is 0 Å². The number of hydrogen-bond donors (Lipinski definition) is 2. The first-order valence-electron chi connectivity index (χ1n) is 8.80. The van der Waals surface area contributed by atoms with Gasteiger partial charge in [-0.05, 0) is 67.6 Å². The van der Waals surface area contributed by atoms with Crippen molar-refractivity contribution < 1.29 is 17.9 Å². The minimum absolute atomic E-state index is 0.148. The SMILES string of the molecule is CCOc1ccccc1NC(=O)c1ccc(NS(=O)(=O)c2ccc(Br)cc2)cc1. The predicted octanol–water partition coefficient (Wildman–Crippen LogP) is 4.90. The number of nitrogens with one attached hydrogen (secondary N) is 2. The molecular formula is C21H19BrN2O4S. The maximum absolute atomic E-state index is 12.5. The average Bonchev–Trinajstić information content (AvgIpc) is 2.70. The van der Waals surface area contributed by atoms with Crippen molar-refractivity contribution in [1.29, 1.82) is 0 Å². The van der Waals surface area contributed by atoms with Crippen LogP contribution >= 0.6 is 15.9 Å². The van der Waals surface area contributed by atoms with Crippen molar-refractivity contribution in [2.24, 2.45) is 0 Å². The molecule has 0 heterocycles. The number of carbonyl (C=O) groups is 1. The van der Waals surface area contributed by atoms with E-state index in [-0.39, 0.29) is 10.8 Å². The molecule has 8 heteroatoms. The number of para-hydroxylation sites is 2. The number of hydrogen-bond acceptors (Lipinski definition) is 4. The van der Waals surface area contributed by atoms with E-state index in [1.54, 1.807) is 54.6 Å². The summed E-state index contributed by atoms with van der Waals surface area (Å²) in [5.74, 6) is 0.265. The van der Waals surface area contributed by atoms with E-state index < -0.39 is 10.0 Å². The Kier molecular flexibility index (Phi) is 6.56. The van der Waals surface area contributed by atoms with E-state index in [9.17, 15) is 13.2 Å². The molecule has 150 valence electrons. The first-order chi connectivity index (χ1) is 13.9. The van der Waals surface area contributed by atoms with Crippen molar-refractivity contribution in [3.63, 3.8) is 0 Å². The van der Waals surface area contributed by atoms with Crippen molar-refractivity contribution in [1.82, 2.24) is 0 Å². The van der Waals surface area contributed by atoms with Gasteiger partial charge in [-0.25, -0.2) is 8.42 Å². The molecular weight excluding hydrogens is 456 g/mol. The lowest BCUT2D eigenvalue weighted by molar-refractivity contribution is 0.102. The second-order valence-corrected chi connectivity index (χ2v) is 8.62. The molecule has 0 bridgehead atoms. The zero-order valence-corrected chi connectivity index (χ0v) is 18.0. The number of sulfonamides is 1. The van der Waals surface area contributed by atoms with E-state index in [1.807, 2.05) is 13.0 Å². The summed E-state index contributed by atoms with van der Waals surface area (Å²) in [6.45, 7) is 2.35. The molecule has 1 amide bonds. The molecule has 0 atom stereocenters. The Labute approximate surface area is 178 Å². The zero-order valence-electron chi connectivity index (χ0n) is 15.6. The number of rotatable bonds is 7. The number of anilines is 2. The van der Waals surface area contributed by atoms with Gasteiger partial charge in [0.15, 0.2) is 0 Å². The van der Waals surface area contributed by atoms with Crippen molar-refractivity contribution in [2.75, 3.05) is 16.6 Å². The summed E-state index contributed by atoms with van der Waals surface area (Å²) in [5.41, 5.74) is 1.32. The van der Waals surface area contributed by atoms with Crippen LogP contribution in [0.25, 0.3) is 0 Å². The molecule has 6 nitrogen and oxygen atoms in total. The highest BCUT2D eigenvalue weighted by Gasteiger charge is 2.15. The van der Waals surface area contributed by atoms with Crippen LogP contribution in [0.3, 0.4) is 0 Å². The lowest BCUT2D eigenvalue weighted by Gasteiger charge is -2.12. The highest BCUT2D eigenvalue weighted by Crippen LogP contribution is 2.25. The summed E-state index contributed by atoms with van der Waals surface area (Å²) in [5, 5.41) is 2.80. The number of benzene rings is 3. The van der Waals surface area contributed by atoms with E-state index in [1.165, 1.54) is 12.1 Å². The molecule has 3 rings (SSSR count). The molecule has 0 aliphatic carbocycles. The van der Waals surface area contributed by atoms with E-state index in [4.69, 9.17) is 4.74 Å². The summed E-state index contributed by atoms with van der Waals surface area (Å²) < 4.78 is 33.7. The lowest BCUT2D eigenvalue weighted by Crippen LogP contribution is -2.14. The maximum Gasteiger partial charge on any atom is 0.261 e. The Morgan fingerprint density at radius 1 is 0.966 bits per heavy atom. The molecule has 0 radical (unpaired) electrons. The third-order valence-electron chi connectivity index (χ3n) is 3.96. The van der Waals surface area contributed by atoms with Crippen LogP contribution in [0.2, 0.25) is 0 Å². The normalized spacial score (nSPS) is 11.0. The van der Waals surface area contributed by atoms with Crippen LogP contribution in [0, 0.1) is 0 Å². The molecule has 0 saturated carbocycles. The predicted molar refractivity (Wildman–Crippen MR) is 117 cm³/mol. The molecule has 0 fully saturated rings. The molecule has 0 saturated heterocycles. The Balaban J connectivity index is 1.71. The topological polar surface area (TPSA) is 84.5 Å². The van der Waals surface area contributed by atoms with Gasteiger partial charge in [0.05, 0.1) is 17.2 Å². The van der Waals surface area contributed by atoms with Gasteiger partial charge >= 0.3 is 0 Å². The third-order valence-corrected chi connectivity index (χ3v) is 5.88. The molecule has 0 aromatic heterocycles. The Bertz CT molecular complexity index is 1100. The van der Waals surface area contributed by atoms with Crippen LogP contribution in [0.4, 0.5) is 11.4 Å². The zero-order chi connectivity index (χ0) is 20.9. The minimum atomic E-state index is -3.71. The van der Waals surface area contributed by atoms with Crippen LogP contribution < -0.4 is 14.8 Å². The van der Waals surface area contributed by atoms with Gasteiger partial charge < -0.3 is 10.1 Å². The quantitative estimate of drug-likeness (QED) is 0.509. The second kappa shape index (κ2) is 9.11. The van der Waals surface area contributed by atoms with Crippen molar-refractivity contribution >= 4 is 43.2 Å². The first kappa shape index (κ1) is 20.9. The van der Waals surface area contributed by atoms with Crippen molar-refractivity contribution in [2.45, 2.75) is 11.8 Å². The van der Waals surface area contributed by atoms with Gasteiger partial charge in [-0.3, -0.25) is 9.52 Å². The monoisotopic (exact) mass is 474 g/mol. The Hall–Kier alpha value is -2.84. The Morgan fingerprint density at radius 3 is 2.28 bits per heavy atom. The van der Waals surface area contributed by atoms with Gasteiger partial charge in [0.2, 0.25) is 0 Å². The second-order valence-electron chi connectivity index (χ2n) is 6.02. The summed E-state index contributed by atoms with van der Waals surface area (Å²) in [6, 6.07) is 19.7. The Morgan fingerprint density at radius 2 is 1.62 bits per heavy atom. The van der Waals surface area contributed by atoms with Gasteiger partial charge in [0.1, 0.15) is 5.75 Å². The van der Waals surface area contributed by atoms with Crippen molar-refractivity contribution in [3.8, 4) is 5.75 Å². The number of ether oxygens (including phenoxy) is 1. The van der Waals surface area contributed by atoms with Crippen molar-refractivity contribution in [3.05, 3.63) is 82.8 Å². The lowest BCUT2D eigenvalue weighted by atomic mass is 10.2. The summed E-state index contributed by atoms with van der Waals surface area (Å²) >= 11 is 3.28. The van der Waals surface area contributed by atoms with Crippen LogP contribution in [0.1, 0.15) is 17.3 Å². The molecule has 0 unspecified atom stereocenters. The average molecular weight is 475 g/mol. The van der Waals surface area contributed by atoms with Gasteiger partial charge in [-0.1, -0.05) is 28.1 Å². The molecule has 3 aromatic carbocycles. The minimum Gasteiger partial charge on any atom is -0.492 e. The third kappa shape index (κ3) is 5.36. The first-order valence-corrected chi connectivity index (χ1v) is 11.1. The summed E-state index contributed by atoms with van der Waals surface area (Å²) in [4.78, 5) is 12.7. The summed E-state index contributed by atoms with van der Waals surface area (Å²) in [7, 11) is -3.71. The maximum atomic E-state index is 12.5. The van der Waals surface area contributed by atoms with Crippen LogP contribution in [-0.4, -0.2) is 20.9 Å². The largest absolute Gasteiger partial charge is 0.492 e. The molecule has 2 N–H and O–H groups in total. The number of halogens is 1. The highest BCUT2D eigenvalue weighted by atomic mass is 79.9. The standard InChI is InChI=1S/C21H19BrN2O4S/c1-2-28-20-6-4-3-5-19(20)23-21(25)15-7-11-17(12-8-15)24-29(26,27)18-13-9-16(22)10-14-18/h3-14,24H,2H2,1H3,(H,23,25). The number of carbonyl (C=O) groups excluding carboxylic acids is 1. The van der Waals surface area contributed by atoms with Gasteiger partial charge in [0.25, 0.3) is 15.9 Å². The molecule has 29 heavy (non-hydrogen) atoms. The molecule has 3 aromatic rings. The molecule has 0 spiro atoms. The fourth-order valence-corrected chi connectivity index (χ4v) is 3.89. The van der Waals surface area contributed by atoms with E-state index in [0.717, 1.165) is 4.47 Å². The van der Waals surface area contributed by atoms with E-state index in [2.05, 4.69) is 26.0 Å². The summed E-state index contributed by atoms with van der Waals surface area (Å²) in [6.07, 6.45) is 0. The van der Waals surface area contributed by atoms with Gasteiger partial charge in [0, 0.05) is 15.7 Å².